The summed E-state index contributed by atoms with van der Waals surface area (Å²) in [5, 5.41) is 0. The van der Waals surface area contributed by atoms with Gasteiger partial charge in [-0.15, -0.1) is 0 Å². The first kappa shape index (κ1) is 11.4. The fraction of sp³-hybridized carbons (Fsp3) is 0.889. The van der Waals surface area contributed by atoms with Crippen LogP contribution in [-0.2, 0) is 14.3 Å². The standard InChI is InChI=1S/C7H12O3.C2H6/c1-7(2)4-10-6(8)5(7)9-3;1-2/h5H,4H2,1-3H3;1-2H3. The maximum atomic E-state index is 10.9. The minimum atomic E-state index is -0.382. The SMILES string of the molecule is CC.COC1C(=O)OCC1(C)C. The van der Waals surface area contributed by atoms with Crippen molar-refractivity contribution < 1.29 is 14.3 Å². The van der Waals surface area contributed by atoms with Gasteiger partial charge in [-0.05, 0) is 0 Å². The molecule has 0 spiro atoms. The van der Waals surface area contributed by atoms with Crippen LogP contribution in [0.1, 0.15) is 27.7 Å². The van der Waals surface area contributed by atoms with E-state index < -0.39 is 0 Å². The molecule has 1 unspecified atom stereocenters. The van der Waals surface area contributed by atoms with Crippen LogP contribution < -0.4 is 0 Å². The lowest BCUT2D eigenvalue weighted by molar-refractivity contribution is -0.146. The van der Waals surface area contributed by atoms with Crippen LogP contribution in [0.5, 0.6) is 0 Å². The largest absolute Gasteiger partial charge is 0.463 e. The predicted molar refractivity (Wildman–Crippen MR) is 46.9 cm³/mol. The van der Waals surface area contributed by atoms with Gasteiger partial charge >= 0.3 is 5.97 Å². The molecule has 0 aromatic carbocycles. The molecule has 1 fully saturated rings. The maximum absolute atomic E-state index is 10.9. The lowest BCUT2D eigenvalue weighted by Crippen LogP contribution is -2.31. The normalized spacial score (nSPS) is 25.8. The Labute approximate surface area is 74.0 Å². The number of cyclic esters (lactones) is 1. The van der Waals surface area contributed by atoms with Crippen LogP contribution in [0, 0.1) is 5.41 Å². The summed E-state index contributed by atoms with van der Waals surface area (Å²) in [5.74, 6) is -0.243. The highest BCUT2D eigenvalue weighted by atomic mass is 16.6. The molecule has 1 atom stereocenters. The molecular weight excluding hydrogens is 156 g/mol. The van der Waals surface area contributed by atoms with Crippen molar-refractivity contribution in [3.63, 3.8) is 0 Å². The Bertz CT molecular complexity index is 152. The summed E-state index contributed by atoms with van der Waals surface area (Å²) < 4.78 is 9.77. The van der Waals surface area contributed by atoms with Crippen molar-refractivity contribution in [3.05, 3.63) is 0 Å². The zero-order valence-corrected chi connectivity index (χ0v) is 8.51. The van der Waals surface area contributed by atoms with Crippen molar-refractivity contribution in [2.24, 2.45) is 5.41 Å². The average Bonchev–Trinajstić information content (AvgIpc) is 2.30. The number of rotatable bonds is 1. The molecule has 1 rings (SSSR count). The Morgan fingerprint density at radius 1 is 1.50 bits per heavy atom. The first-order valence-corrected chi connectivity index (χ1v) is 4.27. The summed E-state index contributed by atoms with van der Waals surface area (Å²) in [4.78, 5) is 10.9. The molecular formula is C9H18O3. The molecule has 1 saturated heterocycles. The van der Waals surface area contributed by atoms with E-state index in [9.17, 15) is 4.79 Å². The van der Waals surface area contributed by atoms with Crippen LogP contribution in [-0.4, -0.2) is 25.8 Å². The Morgan fingerprint density at radius 2 is 2.00 bits per heavy atom. The van der Waals surface area contributed by atoms with E-state index in [0.29, 0.717) is 6.61 Å². The van der Waals surface area contributed by atoms with E-state index in [1.807, 2.05) is 27.7 Å². The first-order chi connectivity index (χ1) is 5.58. The van der Waals surface area contributed by atoms with E-state index >= 15 is 0 Å². The van der Waals surface area contributed by atoms with Crippen LogP contribution in [0.2, 0.25) is 0 Å². The van der Waals surface area contributed by atoms with E-state index in [-0.39, 0.29) is 17.5 Å². The van der Waals surface area contributed by atoms with Crippen LogP contribution in [0.4, 0.5) is 0 Å². The third-order valence-corrected chi connectivity index (χ3v) is 1.75. The monoisotopic (exact) mass is 174 g/mol. The zero-order chi connectivity index (χ0) is 9.78. The van der Waals surface area contributed by atoms with Gasteiger partial charge in [0, 0.05) is 12.5 Å². The summed E-state index contributed by atoms with van der Waals surface area (Å²) in [5.41, 5.74) is -0.161. The van der Waals surface area contributed by atoms with E-state index in [2.05, 4.69) is 0 Å². The van der Waals surface area contributed by atoms with Gasteiger partial charge in [-0.3, -0.25) is 0 Å². The smallest absolute Gasteiger partial charge is 0.335 e. The summed E-state index contributed by atoms with van der Waals surface area (Å²) in [6.45, 7) is 8.36. The third-order valence-electron chi connectivity index (χ3n) is 1.75. The molecule has 0 bridgehead atoms. The van der Waals surface area contributed by atoms with Gasteiger partial charge < -0.3 is 9.47 Å². The topological polar surface area (TPSA) is 35.5 Å². The van der Waals surface area contributed by atoms with E-state index in [1.54, 1.807) is 0 Å². The van der Waals surface area contributed by atoms with Gasteiger partial charge in [0.25, 0.3) is 0 Å². The summed E-state index contributed by atoms with van der Waals surface area (Å²) >= 11 is 0. The fourth-order valence-electron chi connectivity index (χ4n) is 1.14. The van der Waals surface area contributed by atoms with Gasteiger partial charge in [-0.2, -0.15) is 0 Å². The fourth-order valence-corrected chi connectivity index (χ4v) is 1.14. The van der Waals surface area contributed by atoms with Crippen molar-refractivity contribution in [3.8, 4) is 0 Å². The molecule has 3 heteroatoms. The van der Waals surface area contributed by atoms with Gasteiger partial charge in [0.1, 0.15) is 0 Å². The number of carbonyl (C=O) groups excluding carboxylic acids is 1. The highest BCUT2D eigenvalue weighted by Gasteiger charge is 2.43. The van der Waals surface area contributed by atoms with Crippen molar-refractivity contribution in [1.29, 1.82) is 0 Å². The molecule has 1 heterocycles. The van der Waals surface area contributed by atoms with Gasteiger partial charge in [0.2, 0.25) is 0 Å². The van der Waals surface area contributed by atoms with Crippen molar-refractivity contribution in [1.82, 2.24) is 0 Å². The molecule has 3 nitrogen and oxygen atoms in total. The number of methoxy groups -OCH3 is 1. The van der Waals surface area contributed by atoms with Crippen molar-refractivity contribution >= 4 is 5.97 Å². The van der Waals surface area contributed by atoms with E-state index in [1.165, 1.54) is 7.11 Å². The second-order valence-electron chi connectivity index (χ2n) is 3.21. The van der Waals surface area contributed by atoms with Gasteiger partial charge in [-0.25, -0.2) is 4.79 Å². The number of ether oxygens (including phenoxy) is 2. The molecule has 0 amide bonds. The summed E-state index contributed by atoms with van der Waals surface area (Å²) in [7, 11) is 1.53. The van der Waals surface area contributed by atoms with Crippen LogP contribution in [0.25, 0.3) is 0 Å². The Hall–Kier alpha value is -0.570. The summed E-state index contributed by atoms with van der Waals surface area (Å²) in [6, 6.07) is 0. The van der Waals surface area contributed by atoms with Gasteiger partial charge in [-0.1, -0.05) is 27.7 Å². The first-order valence-electron chi connectivity index (χ1n) is 4.27. The van der Waals surface area contributed by atoms with Crippen LogP contribution in [0.15, 0.2) is 0 Å². The Kier molecular flexibility index (Phi) is 4.24. The number of hydrogen-bond acceptors (Lipinski definition) is 3. The van der Waals surface area contributed by atoms with Crippen molar-refractivity contribution in [2.75, 3.05) is 13.7 Å². The maximum Gasteiger partial charge on any atom is 0.335 e. The quantitative estimate of drug-likeness (QED) is 0.566. The molecule has 0 aromatic rings. The second-order valence-corrected chi connectivity index (χ2v) is 3.21. The number of hydrogen-bond donors (Lipinski definition) is 0. The van der Waals surface area contributed by atoms with Crippen LogP contribution in [0.3, 0.4) is 0 Å². The highest BCUT2D eigenvalue weighted by Crippen LogP contribution is 2.30. The molecule has 1 aliphatic heterocycles. The lowest BCUT2D eigenvalue weighted by atomic mass is 9.90. The molecule has 0 aromatic heterocycles. The molecule has 0 N–H and O–H groups in total. The Morgan fingerprint density at radius 3 is 2.17 bits per heavy atom. The van der Waals surface area contributed by atoms with Gasteiger partial charge in [0.05, 0.1) is 6.61 Å². The molecule has 0 radical (unpaired) electrons. The minimum Gasteiger partial charge on any atom is -0.463 e. The second kappa shape index (κ2) is 4.45. The van der Waals surface area contributed by atoms with E-state index in [4.69, 9.17) is 9.47 Å². The lowest BCUT2D eigenvalue weighted by Gasteiger charge is -2.19. The van der Waals surface area contributed by atoms with Crippen molar-refractivity contribution in [2.45, 2.75) is 33.8 Å². The number of carbonyl (C=O) groups is 1. The van der Waals surface area contributed by atoms with Crippen LogP contribution >= 0.6 is 0 Å². The predicted octanol–water partition coefficient (Wildman–Crippen LogP) is 1.61. The zero-order valence-electron chi connectivity index (χ0n) is 8.51. The molecule has 0 saturated carbocycles. The highest BCUT2D eigenvalue weighted by molar-refractivity contribution is 5.77. The summed E-state index contributed by atoms with van der Waals surface area (Å²) in [6.07, 6.45) is -0.382. The molecule has 12 heavy (non-hydrogen) atoms. The minimum absolute atomic E-state index is 0.161. The molecule has 72 valence electrons. The number of esters is 1. The molecule has 1 aliphatic rings. The molecule has 0 aliphatic carbocycles. The Balaban J connectivity index is 0.000000561. The third kappa shape index (κ3) is 2.21. The van der Waals surface area contributed by atoms with E-state index in [0.717, 1.165) is 0 Å². The van der Waals surface area contributed by atoms with Gasteiger partial charge in [0.15, 0.2) is 6.10 Å². The average molecular weight is 174 g/mol.